The molecular formula is C11H14BrFN2O2. The number of nitrogen functional groups attached to an aromatic ring is 1. The summed E-state index contributed by atoms with van der Waals surface area (Å²) in [5.74, 6) is -0.841. The van der Waals surface area contributed by atoms with Crippen molar-refractivity contribution in [3.05, 3.63) is 22.4 Å². The van der Waals surface area contributed by atoms with Gasteiger partial charge in [0, 0.05) is 10.5 Å². The summed E-state index contributed by atoms with van der Waals surface area (Å²) in [6.45, 7) is 1.79. The third-order valence-electron chi connectivity index (χ3n) is 2.20. The van der Waals surface area contributed by atoms with E-state index >= 15 is 0 Å². The third-order valence-corrected chi connectivity index (χ3v) is 2.65. The first kappa shape index (κ1) is 13.8. The van der Waals surface area contributed by atoms with Crippen molar-refractivity contribution >= 4 is 33.3 Å². The zero-order chi connectivity index (χ0) is 13.0. The van der Waals surface area contributed by atoms with E-state index in [2.05, 4.69) is 26.0 Å². The van der Waals surface area contributed by atoms with Crippen LogP contribution in [0.3, 0.4) is 0 Å². The quantitative estimate of drug-likeness (QED) is 0.663. The van der Waals surface area contributed by atoms with Crippen LogP contribution < -0.4 is 11.1 Å². The topological polar surface area (TPSA) is 64.3 Å². The molecule has 1 rings (SSSR count). The Kier molecular flexibility index (Phi) is 4.74. The number of methoxy groups -OCH3 is 1. The molecule has 0 aliphatic carbocycles. The first-order chi connectivity index (χ1) is 7.93. The van der Waals surface area contributed by atoms with E-state index in [0.717, 1.165) is 0 Å². The number of carbonyl (C=O) groups excluding carboxylic acids is 1. The summed E-state index contributed by atoms with van der Waals surface area (Å²) in [6.07, 6.45) is 0.185. The van der Waals surface area contributed by atoms with Crippen molar-refractivity contribution in [2.75, 3.05) is 18.2 Å². The van der Waals surface area contributed by atoms with Gasteiger partial charge in [0.2, 0.25) is 0 Å². The largest absolute Gasteiger partial charge is 0.469 e. The highest BCUT2D eigenvalue weighted by atomic mass is 79.9. The molecule has 0 bridgehead atoms. The van der Waals surface area contributed by atoms with Crippen LogP contribution in [0.25, 0.3) is 0 Å². The van der Waals surface area contributed by atoms with E-state index in [4.69, 9.17) is 5.73 Å². The van der Waals surface area contributed by atoms with Crippen molar-refractivity contribution in [2.24, 2.45) is 0 Å². The maximum Gasteiger partial charge on any atom is 0.307 e. The summed E-state index contributed by atoms with van der Waals surface area (Å²) in [5.41, 5.74) is 6.07. The van der Waals surface area contributed by atoms with Crippen LogP contribution in [0.5, 0.6) is 0 Å². The lowest BCUT2D eigenvalue weighted by Crippen LogP contribution is -2.21. The van der Waals surface area contributed by atoms with Gasteiger partial charge in [0.25, 0.3) is 0 Å². The second kappa shape index (κ2) is 5.86. The molecule has 1 atom stereocenters. The fourth-order valence-corrected chi connectivity index (χ4v) is 1.78. The minimum atomic E-state index is -0.507. The minimum absolute atomic E-state index is 0.0323. The molecule has 0 aromatic heterocycles. The highest BCUT2D eigenvalue weighted by Crippen LogP contribution is 2.27. The fraction of sp³-hybridized carbons (Fsp3) is 0.364. The number of nitrogens with one attached hydrogen (secondary N) is 1. The first-order valence-electron chi connectivity index (χ1n) is 5.02. The van der Waals surface area contributed by atoms with Crippen molar-refractivity contribution in [1.82, 2.24) is 0 Å². The predicted octanol–water partition coefficient (Wildman–Crippen LogP) is 2.53. The lowest BCUT2D eigenvalue weighted by Gasteiger charge is -2.16. The Bertz CT molecular complexity index is 426. The monoisotopic (exact) mass is 304 g/mol. The Hall–Kier alpha value is -1.30. The Morgan fingerprint density at radius 3 is 2.88 bits per heavy atom. The van der Waals surface area contributed by atoms with Crippen LogP contribution in [0.2, 0.25) is 0 Å². The maximum absolute atomic E-state index is 13.3. The van der Waals surface area contributed by atoms with Crippen LogP contribution in [0.4, 0.5) is 15.8 Å². The van der Waals surface area contributed by atoms with Gasteiger partial charge in [-0.2, -0.15) is 0 Å². The van der Waals surface area contributed by atoms with Crippen LogP contribution >= 0.6 is 15.9 Å². The van der Waals surface area contributed by atoms with Gasteiger partial charge in [-0.05, 0) is 19.1 Å². The summed E-state index contributed by atoms with van der Waals surface area (Å²) in [7, 11) is 1.32. The van der Waals surface area contributed by atoms with Gasteiger partial charge in [0.1, 0.15) is 5.82 Å². The SMILES string of the molecule is COC(=O)CC(C)Nc1cc(Br)cc(F)c1N. The van der Waals surface area contributed by atoms with Crippen LogP contribution in [0.15, 0.2) is 16.6 Å². The lowest BCUT2D eigenvalue weighted by molar-refractivity contribution is -0.140. The van der Waals surface area contributed by atoms with Crippen molar-refractivity contribution in [3.8, 4) is 0 Å². The summed E-state index contributed by atoms with van der Waals surface area (Å²) in [5, 5.41) is 2.96. The summed E-state index contributed by atoms with van der Waals surface area (Å²) >= 11 is 3.17. The number of hydrogen-bond donors (Lipinski definition) is 2. The molecule has 3 N–H and O–H groups in total. The molecule has 0 radical (unpaired) electrons. The van der Waals surface area contributed by atoms with Crippen molar-refractivity contribution in [1.29, 1.82) is 0 Å². The number of esters is 1. The van der Waals surface area contributed by atoms with Crippen molar-refractivity contribution in [3.63, 3.8) is 0 Å². The van der Waals surface area contributed by atoms with Crippen molar-refractivity contribution in [2.45, 2.75) is 19.4 Å². The Morgan fingerprint density at radius 2 is 2.29 bits per heavy atom. The van der Waals surface area contributed by atoms with Gasteiger partial charge in [-0.25, -0.2) is 4.39 Å². The number of ether oxygens (including phenoxy) is 1. The van der Waals surface area contributed by atoms with E-state index in [-0.39, 0.29) is 24.1 Å². The first-order valence-corrected chi connectivity index (χ1v) is 5.81. The Balaban J connectivity index is 2.77. The number of carbonyl (C=O) groups is 1. The highest BCUT2D eigenvalue weighted by molar-refractivity contribution is 9.10. The highest BCUT2D eigenvalue weighted by Gasteiger charge is 2.12. The second-order valence-corrected chi connectivity index (χ2v) is 4.59. The summed E-state index contributed by atoms with van der Waals surface area (Å²) < 4.78 is 18.5. The molecule has 0 saturated carbocycles. The number of rotatable bonds is 4. The number of hydrogen-bond acceptors (Lipinski definition) is 4. The zero-order valence-electron chi connectivity index (χ0n) is 9.59. The molecule has 0 saturated heterocycles. The molecule has 4 nitrogen and oxygen atoms in total. The second-order valence-electron chi connectivity index (χ2n) is 3.67. The molecule has 0 amide bonds. The van der Waals surface area contributed by atoms with Gasteiger partial charge in [-0.1, -0.05) is 15.9 Å². The van der Waals surface area contributed by atoms with E-state index < -0.39 is 5.82 Å². The molecule has 6 heteroatoms. The van der Waals surface area contributed by atoms with Gasteiger partial charge in [0.05, 0.1) is 24.9 Å². The molecule has 17 heavy (non-hydrogen) atoms. The fourth-order valence-electron chi connectivity index (χ4n) is 1.35. The molecular weight excluding hydrogens is 291 g/mol. The molecule has 1 aromatic rings. The number of benzene rings is 1. The van der Waals surface area contributed by atoms with Crippen molar-refractivity contribution < 1.29 is 13.9 Å². The molecule has 94 valence electrons. The molecule has 0 fully saturated rings. The Labute approximate surface area is 107 Å². The van der Waals surface area contributed by atoms with E-state index in [1.165, 1.54) is 13.2 Å². The Morgan fingerprint density at radius 1 is 1.65 bits per heavy atom. The molecule has 0 aliphatic rings. The maximum atomic E-state index is 13.3. The average molecular weight is 305 g/mol. The number of nitrogens with two attached hydrogens (primary N) is 1. The third kappa shape index (κ3) is 3.89. The minimum Gasteiger partial charge on any atom is -0.469 e. The molecule has 0 aliphatic heterocycles. The van der Waals surface area contributed by atoms with E-state index in [1.807, 2.05) is 0 Å². The van der Waals surface area contributed by atoms with E-state index in [9.17, 15) is 9.18 Å². The van der Waals surface area contributed by atoms with E-state index in [1.54, 1.807) is 13.0 Å². The predicted molar refractivity (Wildman–Crippen MR) is 68.2 cm³/mol. The average Bonchev–Trinajstić information content (AvgIpc) is 2.24. The standard InChI is InChI=1S/C11H14BrFN2O2/c1-6(3-10(16)17-2)15-9-5-7(12)4-8(13)11(9)14/h4-6,15H,3,14H2,1-2H3. The van der Waals surface area contributed by atoms with Gasteiger partial charge >= 0.3 is 5.97 Å². The smallest absolute Gasteiger partial charge is 0.307 e. The summed E-state index contributed by atoms with van der Waals surface area (Å²) in [4.78, 5) is 11.1. The molecule has 0 heterocycles. The zero-order valence-corrected chi connectivity index (χ0v) is 11.2. The molecule has 0 spiro atoms. The van der Waals surface area contributed by atoms with Gasteiger partial charge in [-0.15, -0.1) is 0 Å². The van der Waals surface area contributed by atoms with E-state index in [0.29, 0.717) is 10.2 Å². The number of anilines is 2. The van der Waals surface area contributed by atoms with Gasteiger partial charge in [0.15, 0.2) is 0 Å². The summed E-state index contributed by atoms with van der Waals surface area (Å²) in [6, 6.07) is 2.75. The van der Waals surface area contributed by atoms with Crippen LogP contribution in [0.1, 0.15) is 13.3 Å². The lowest BCUT2D eigenvalue weighted by atomic mass is 10.2. The molecule has 1 unspecified atom stereocenters. The number of halogens is 2. The van der Waals surface area contributed by atoms with Crippen LogP contribution in [-0.2, 0) is 9.53 Å². The normalized spacial score (nSPS) is 12.0. The van der Waals surface area contributed by atoms with Crippen LogP contribution in [0, 0.1) is 5.82 Å². The van der Waals surface area contributed by atoms with Gasteiger partial charge in [-0.3, -0.25) is 4.79 Å². The van der Waals surface area contributed by atoms with Gasteiger partial charge < -0.3 is 15.8 Å². The molecule has 1 aromatic carbocycles. The van der Waals surface area contributed by atoms with Crippen LogP contribution in [-0.4, -0.2) is 19.1 Å².